The van der Waals surface area contributed by atoms with Crippen LogP contribution in [0.5, 0.6) is 0 Å². The van der Waals surface area contributed by atoms with Crippen LogP contribution in [-0.2, 0) is 5.54 Å². The summed E-state index contributed by atoms with van der Waals surface area (Å²) in [6.45, 7) is 5.70. The summed E-state index contributed by atoms with van der Waals surface area (Å²) in [5.74, 6) is 0. The Balaban J connectivity index is 2.89. The second-order valence-corrected chi connectivity index (χ2v) is 4.17. The van der Waals surface area contributed by atoms with Crippen LogP contribution in [-0.4, -0.2) is 21.3 Å². The molecule has 1 heterocycles. The van der Waals surface area contributed by atoms with Crippen molar-refractivity contribution in [3.05, 3.63) is 18.0 Å². The van der Waals surface area contributed by atoms with E-state index in [2.05, 4.69) is 5.10 Å². The van der Waals surface area contributed by atoms with E-state index >= 15 is 0 Å². The van der Waals surface area contributed by atoms with Crippen molar-refractivity contribution in [2.75, 3.05) is 0 Å². The molecule has 1 atom stereocenters. The number of hydrogen-bond acceptors (Lipinski definition) is 2. The fourth-order valence-corrected chi connectivity index (χ4v) is 1.00. The maximum atomic E-state index is 12.1. The minimum atomic E-state index is -2.77. The van der Waals surface area contributed by atoms with E-state index in [1.54, 1.807) is 4.68 Å². The molecule has 0 radical (unpaired) electrons. The number of nitrogens with zero attached hydrogens (tertiary/aromatic N) is 2. The van der Waals surface area contributed by atoms with Crippen LogP contribution in [0.4, 0.5) is 8.78 Å². The second-order valence-electron chi connectivity index (χ2n) is 4.17. The minimum absolute atomic E-state index is 0.148. The molecular weight excluding hydrogens is 190 g/mol. The quantitative estimate of drug-likeness (QED) is 0.799. The molecule has 1 unspecified atom stereocenters. The molecule has 0 aromatic carbocycles. The van der Waals surface area contributed by atoms with Crippen molar-refractivity contribution in [2.45, 2.75) is 38.8 Å². The molecule has 0 amide bonds. The first kappa shape index (κ1) is 11.1. The highest BCUT2D eigenvalue weighted by atomic mass is 19.3. The van der Waals surface area contributed by atoms with Gasteiger partial charge in [-0.2, -0.15) is 5.10 Å². The van der Waals surface area contributed by atoms with Gasteiger partial charge in [0.15, 0.2) is 0 Å². The van der Waals surface area contributed by atoms with E-state index in [-0.39, 0.29) is 11.1 Å². The molecule has 0 aliphatic heterocycles. The molecule has 0 fully saturated rings. The summed E-state index contributed by atoms with van der Waals surface area (Å²) < 4.78 is 25.8. The number of aliphatic hydroxyl groups is 1. The van der Waals surface area contributed by atoms with E-state index < -0.39 is 12.5 Å². The first-order valence-electron chi connectivity index (χ1n) is 4.33. The van der Waals surface area contributed by atoms with Crippen LogP contribution < -0.4 is 0 Å². The monoisotopic (exact) mass is 204 g/mol. The van der Waals surface area contributed by atoms with Crippen LogP contribution in [0, 0.1) is 0 Å². The minimum Gasteiger partial charge on any atom is -0.382 e. The highest BCUT2D eigenvalue weighted by Crippen LogP contribution is 2.22. The van der Waals surface area contributed by atoms with Gasteiger partial charge < -0.3 is 5.11 Å². The summed E-state index contributed by atoms with van der Waals surface area (Å²) in [6, 6.07) is 0. The standard InChI is InChI=1S/C9H14F2N2O/c1-9(2,3)13-5-6(4-12-13)7(14)8(10)11/h4-5,7-8,14H,1-3H3. The van der Waals surface area contributed by atoms with Gasteiger partial charge in [0, 0.05) is 11.8 Å². The Labute approximate surface area is 81.4 Å². The van der Waals surface area contributed by atoms with Crippen LogP contribution in [0.25, 0.3) is 0 Å². The maximum Gasteiger partial charge on any atom is 0.268 e. The van der Waals surface area contributed by atoms with Gasteiger partial charge in [0.05, 0.1) is 11.7 Å². The van der Waals surface area contributed by atoms with Crippen molar-refractivity contribution in [2.24, 2.45) is 0 Å². The zero-order chi connectivity index (χ0) is 10.9. The van der Waals surface area contributed by atoms with E-state index in [0.29, 0.717) is 0 Å². The van der Waals surface area contributed by atoms with Crippen LogP contribution in [0.15, 0.2) is 12.4 Å². The molecule has 0 aliphatic rings. The summed E-state index contributed by atoms with van der Waals surface area (Å²) in [6.07, 6.45) is -1.81. The number of aromatic nitrogens is 2. The van der Waals surface area contributed by atoms with E-state index in [4.69, 9.17) is 5.11 Å². The van der Waals surface area contributed by atoms with Gasteiger partial charge in [-0.15, -0.1) is 0 Å². The number of aliphatic hydroxyl groups excluding tert-OH is 1. The molecule has 14 heavy (non-hydrogen) atoms. The predicted molar refractivity (Wildman–Crippen MR) is 48.2 cm³/mol. The largest absolute Gasteiger partial charge is 0.382 e. The molecule has 80 valence electrons. The molecule has 1 N–H and O–H groups in total. The van der Waals surface area contributed by atoms with Gasteiger partial charge in [-0.25, -0.2) is 8.78 Å². The summed E-state index contributed by atoms with van der Waals surface area (Å²) in [5, 5.41) is 13.0. The molecule has 0 saturated carbocycles. The summed E-state index contributed by atoms with van der Waals surface area (Å²) in [4.78, 5) is 0. The lowest BCUT2D eigenvalue weighted by molar-refractivity contribution is -0.00588. The third-order valence-corrected chi connectivity index (χ3v) is 1.87. The molecular formula is C9H14F2N2O. The van der Waals surface area contributed by atoms with Gasteiger partial charge in [-0.05, 0) is 20.8 Å². The van der Waals surface area contributed by atoms with E-state index in [1.165, 1.54) is 12.4 Å². The summed E-state index contributed by atoms with van der Waals surface area (Å²) in [5.41, 5.74) is -0.116. The highest BCUT2D eigenvalue weighted by molar-refractivity contribution is 5.09. The summed E-state index contributed by atoms with van der Waals surface area (Å²) >= 11 is 0. The van der Waals surface area contributed by atoms with Gasteiger partial charge in [-0.3, -0.25) is 4.68 Å². The Morgan fingerprint density at radius 2 is 2.00 bits per heavy atom. The van der Waals surface area contributed by atoms with Crippen molar-refractivity contribution >= 4 is 0 Å². The number of hydrogen-bond donors (Lipinski definition) is 1. The van der Waals surface area contributed by atoms with Crippen molar-refractivity contribution in [3.63, 3.8) is 0 Å². The van der Waals surface area contributed by atoms with Crippen LogP contribution >= 0.6 is 0 Å². The van der Waals surface area contributed by atoms with Gasteiger partial charge in [-0.1, -0.05) is 0 Å². The van der Waals surface area contributed by atoms with Crippen molar-refractivity contribution in [3.8, 4) is 0 Å². The molecule has 1 aromatic heterocycles. The lowest BCUT2D eigenvalue weighted by atomic mass is 10.1. The molecule has 0 aliphatic carbocycles. The summed E-state index contributed by atoms with van der Waals surface area (Å²) in [7, 11) is 0. The van der Waals surface area contributed by atoms with Gasteiger partial charge in [0.25, 0.3) is 6.43 Å². The van der Waals surface area contributed by atoms with Crippen molar-refractivity contribution < 1.29 is 13.9 Å². The van der Waals surface area contributed by atoms with Crippen molar-refractivity contribution in [1.29, 1.82) is 0 Å². The van der Waals surface area contributed by atoms with E-state index in [1.807, 2.05) is 20.8 Å². The second kappa shape index (κ2) is 3.65. The zero-order valence-electron chi connectivity index (χ0n) is 8.41. The Morgan fingerprint density at radius 3 is 2.36 bits per heavy atom. The molecule has 1 aromatic rings. The number of alkyl halides is 2. The Morgan fingerprint density at radius 1 is 1.43 bits per heavy atom. The van der Waals surface area contributed by atoms with Gasteiger partial charge in [0.1, 0.15) is 6.10 Å². The average molecular weight is 204 g/mol. The first-order valence-corrected chi connectivity index (χ1v) is 4.33. The fourth-order valence-electron chi connectivity index (χ4n) is 1.00. The SMILES string of the molecule is CC(C)(C)n1cc(C(O)C(F)F)cn1. The molecule has 3 nitrogen and oxygen atoms in total. The zero-order valence-corrected chi connectivity index (χ0v) is 8.41. The Bertz CT molecular complexity index is 304. The number of rotatable bonds is 2. The fraction of sp³-hybridized carbons (Fsp3) is 0.667. The third-order valence-electron chi connectivity index (χ3n) is 1.87. The molecule has 5 heteroatoms. The van der Waals surface area contributed by atoms with Crippen molar-refractivity contribution in [1.82, 2.24) is 9.78 Å². The molecule has 0 spiro atoms. The molecule has 0 bridgehead atoms. The lowest BCUT2D eigenvalue weighted by Gasteiger charge is -2.18. The molecule has 1 rings (SSSR count). The van der Waals surface area contributed by atoms with Crippen LogP contribution in [0.3, 0.4) is 0 Å². The third kappa shape index (κ3) is 2.29. The average Bonchev–Trinajstić information content (AvgIpc) is 2.49. The Hall–Kier alpha value is -0.970. The van der Waals surface area contributed by atoms with Crippen LogP contribution in [0.2, 0.25) is 0 Å². The smallest absolute Gasteiger partial charge is 0.268 e. The number of halogens is 2. The van der Waals surface area contributed by atoms with Gasteiger partial charge in [0.2, 0.25) is 0 Å². The van der Waals surface area contributed by atoms with Crippen LogP contribution in [0.1, 0.15) is 32.4 Å². The normalized spacial score (nSPS) is 14.8. The van der Waals surface area contributed by atoms with E-state index in [0.717, 1.165) is 0 Å². The molecule has 0 saturated heterocycles. The highest BCUT2D eigenvalue weighted by Gasteiger charge is 2.22. The predicted octanol–water partition coefficient (Wildman–Crippen LogP) is 1.94. The van der Waals surface area contributed by atoms with E-state index in [9.17, 15) is 8.78 Å². The lowest BCUT2D eigenvalue weighted by Crippen LogP contribution is -2.22. The topological polar surface area (TPSA) is 38.0 Å². The van der Waals surface area contributed by atoms with Gasteiger partial charge >= 0.3 is 0 Å². The Kier molecular flexibility index (Phi) is 2.89. The first-order chi connectivity index (χ1) is 6.32. The maximum absolute atomic E-state index is 12.1.